The summed E-state index contributed by atoms with van der Waals surface area (Å²) in [6.45, 7) is 4.19. The Labute approximate surface area is 120 Å². The molecule has 3 nitrogen and oxygen atoms in total. The molecule has 0 aromatic heterocycles. The molecule has 0 radical (unpaired) electrons. The Bertz CT molecular complexity index is 367. The second-order valence-electron chi connectivity index (χ2n) is 5.12. The van der Waals surface area contributed by atoms with Crippen LogP contribution in [0.1, 0.15) is 19.3 Å². The molecule has 0 amide bonds. The Hall–Kier alpha value is -0.770. The zero-order chi connectivity index (χ0) is 13.5. The molecular formula is C15H22ClNO2. The Balaban J connectivity index is 1.69. The molecule has 1 aliphatic rings. The van der Waals surface area contributed by atoms with Crippen molar-refractivity contribution in [2.45, 2.75) is 19.3 Å². The molecule has 106 valence electrons. The third-order valence-corrected chi connectivity index (χ3v) is 3.88. The van der Waals surface area contributed by atoms with Gasteiger partial charge < -0.3 is 9.84 Å². The summed E-state index contributed by atoms with van der Waals surface area (Å²) in [6.07, 6.45) is 3.40. The summed E-state index contributed by atoms with van der Waals surface area (Å²) in [5.74, 6) is 1.52. The lowest BCUT2D eigenvalue weighted by molar-refractivity contribution is 0.129. The summed E-state index contributed by atoms with van der Waals surface area (Å²) < 4.78 is 5.71. The van der Waals surface area contributed by atoms with Crippen LogP contribution in [-0.2, 0) is 0 Å². The van der Waals surface area contributed by atoms with Crippen LogP contribution in [0.2, 0.25) is 5.02 Å². The molecule has 0 saturated carbocycles. The predicted octanol–water partition coefficient (Wildman–Crippen LogP) is 2.81. The Morgan fingerprint density at radius 1 is 1.32 bits per heavy atom. The predicted molar refractivity (Wildman–Crippen MR) is 77.8 cm³/mol. The van der Waals surface area contributed by atoms with Crippen molar-refractivity contribution in [1.82, 2.24) is 4.90 Å². The number of ether oxygens (including phenoxy) is 1. The van der Waals surface area contributed by atoms with Crippen LogP contribution in [0.3, 0.4) is 0 Å². The summed E-state index contributed by atoms with van der Waals surface area (Å²) in [4.78, 5) is 2.43. The monoisotopic (exact) mass is 283 g/mol. The normalized spacial score (nSPS) is 20.4. The molecule has 0 spiro atoms. The first-order chi connectivity index (χ1) is 9.28. The number of likely N-dealkylation sites (tertiary alicyclic amines) is 1. The van der Waals surface area contributed by atoms with Gasteiger partial charge >= 0.3 is 0 Å². The number of halogens is 1. The molecule has 1 aliphatic heterocycles. The van der Waals surface area contributed by atoms with Gasteiger partial charge in [0.25, 0.3) is 0 Å². The van der Waals surface area contributed by atoms with E-state index in [0.717, 1.165) is 36.8 Å². The van der Waals surface area contributed by atoms with Crippen molar-refractivity contribution in [3.05, 3.63) is 29.3 Å². The minimum atomic E-state index is 0.305. The van der Waals surface area contributed by atoms with E-state index in [1.165, 1.54) is 12.8 Å². The van der Waals surface area contributed by atoms with E-state index in [4.69, 9.17) is 21.4 Å². The second-order valence-corrected chi connectivity index (χ2v) is 5.56. The number of benzene rings is 1. The second kappa shape index (κ2) is 7.73. The van der Waals surface area contributed by atoms with E-state index in [0.29, 0.717) is 19.1 Å². The molecule has 4 heteroatoms. The van der Waals surface area contributed by atoms with E-state index in [-0.39, 0.29) is 0 Å². The quantitative estimate of drug-likeness (QED) is 0.871. The number of hydrogen-bond donors (Lipinski definition) is 1. The van der Waals surface area contributed by atoms with Gasteiger partial charge in [0.05, 0.1) is 0 Å². The van der Waals surface area contributed by atoms with E-state index in [1.54, 1.807) is 0 Å². The van der Waals surface area contributed by atoms with Gasteiger partial charge in [-0.25, -0.2) is 0 Å². The highest BCUT2D eigenvalue weighted by Gasteiger charge is 2.18. The zero-order valence-electron chi connectivity index (χ0n) is 11.2. The fraction of sp³-hybridized carbons (Fsp3) is 0.600. The van der Waals surface area contributed by atoms with Crippen LogP contribution in [0, 0.1) is 5.92 Å². The SMILES string of the molecule is OCCC1CCCN(CCOc2ccc(Cl)cc2)C1. The lowest BCUT2D eigenvalue weighted by Gasteiger charge is -2.32. The number of aliphatic hydroxyl groups excluding tert-OH is 1. The molecule has 1 N–H and O–H groups in total. The Morgan fingerprint density at radius 3 is 2.84 bits per heavy atom. The number of aliphatic hydroxyl groups is 1. The number of piperidine rings is 1. The minimum absolute atomic E-state index is 0.305. The maximum atomic E-state index is 9.00. The van der Waals surface area contributed by atoms with Crippen molar-refractivity contribution in [2.24, 2.45) is 5.92 Å². The average molecular weight is 284 g/mol. The topological polar surface area (TPSA) is 32.7 Å². The first-order valence-corrected chi connectivity index (χ1v) is 7.37. The maximum absolute atomic E-state index is 9.00. The summed E-state index contributed by atoms with van der Waals surface area (Å²) in [7, 11) is 0. The van der Waals surface area contributed by atoms with Crippen LogP contribution in [0.5, 0.6) is 5.75 Å². The zero-order valence-corrected chi connectivity index (χ0v) is 12.0. The van der Waals surface area contributed by atoms with Crippen LogP contribution in [0.4, 0.5) is 0 Å². The van der Waals surface area contributed by atoms with Crippen molar-refractivity contribution < 1.29 is 9.84 Å². The molecule has 1 fully saturated rings. The molecule has 1 saturated heterocycles. The van der Waals surface area contributed by atoms with Crippen LogP contribution in [0.15, 0.2) is 24.3 Å². The van der Waals surface area contributed by atoms with E-state index in [2.05, 4.69) is 4.90 Å². The van der Waals surface area contributed by atoms with Crippen molar-refractivity contribution >= 4 is 11.6 Å². The fourth-order valence-electron chi connectivity index (χ4n) is 2.60. The Kier molecular flexibility index (Phi) is 5.95. The largest absolute Gasteiger partial charge is 0.492 e. The van der Waals surface area contributed by atoms with Crippen LogP contribution in [-0.4, -0.2) is 42.9 Å². The van der Waals surface area contributed by atoms with Crippen molar-refractivity contribution in [1.29, 1.82) is 0 Å². The van der Waals surface area contributed by atoms with Gasteiger partial charge in [0.1, 0.15) is 12.4 Å². The summed E-state index contributed by atoms with van der Waals surface area (Å²) in [6, 6.07) is 7.48. The third kappa shape index (κ3) is 5.01. The highest BCUT2D eigenvalue weighted by Crippen LogP contribution is 2.19. The molecular weight excluding hydrogens is 262 g/mol. The standard InChI is InChI=1S/C15H22ClNO2/c16-14-3-5-15(6-4-14)19-11-9-17-8-1-2-13(12-17)7-10-18/h3-6,13,18H,1-2,7-12H2. The maximum Gasteiger partial charge on any atom is 0.119 e. The molecule has 0 bridgehead atoms. The molecule has 1 unspecified atom stereocenters. The Morgan fingerprint density at radius 2 is 2.11 bits per heavy atom. The van der Waals surface area contributed by atoms with Crippen LogP contribution < -0.4 is 4.74 Å². The third-order valence-electron chi connectivity index (χ3n) is 3.63. The van der Waals surface area contributed by atoms with Gasteiger partial charge in [-0.2, -0.15) is 0 Å². The number of rotatable bonds is 6. The number of nitrogens with zero attached hydrogens (tertiary/aromatic N) is 1. The first kappa shape index (κ1) is 14.6. The summed E-state index contributed by atoms with van der Waals surface area (Å²) in [5.41, 5.74) is 0. The number of hydrogen-bond acceptors (Lipinski definition) is 3. The van der Waals surface area contributed by atoms with Gasteiger partial charge in [0.2, 0.25) is 0 Å². The van der Waals surface area contributed by atoms with Crippen LogP contribution >= 0.6 is 11.6 Å². The van der Waals surface area contributed by atoms with Crippen molar-refractivity contribution in [3.8, 4) is 5.75 Å². The van der Waals surface area contributed by atoms with E-state index in [9.17, 15) is 0 Å². The van der Waals surface area contributed by atoms with E-state index < -0.39 is 0 Å². The lowest BCUT2D eigenvalue weighted by atomic mass is 9.95. The van der Waals surface area contributed by atoms with Gasteiger partial charge in [0, 0.05) is 24.7 Å². The minimum Gasteiger partial charge on any atom is -0.492 e. The molecule has 1 heterocycles. The van der Waals surface area contributed by atoms with Gasteiger partial charge in [-0.3, -0.25) is 4.90 Å². The van der Waals surface area contributed by atoms with E-state index in [1.807, 2.05) is 24.3 Å². The molecule has 1 aromatic rings. The average Bonchev–Trinajstić information content (AvgIpc) is 2.42. The van der Waals surface area contributed by atoms with Gasteiger partial charge in [-0.05, 0) is 56.0 Å². The van der Waals surface area contributed by atoms with Crippen molar-refractivity contribution in [2.75, 3.05) is 32.8 Å². The molecule has 0 aliphatic carbocycles. The van der Waals surface area contributed by atoms with E-state index >= 15 is 0 Å². The van der Waals surface area contributed by atoms with Crippen LogP contribution in [0.25, 0.3) is 0 Å². The molecule has 1 aromatic carbocycles. The highest BCUT2D eigenvalue weighted by atomic mass is 35.5. The summed E-state index contributed by atoms with van der Waals surface area (Å²) >= 11 is 5.83. The van der Waals surface area contributed by atoms with Gasteiger partial charge in [-0.15, -0.1) is 0 Å². The molecule has 1 atom stereocenters. The highest BCUT2D eigenvalue weighted by molar-refractivity contribution is 6.30. The molecule has 19 heavy (non-hydrogen) atoms. The molecule has 2 rings (SSSR count). The smallest absolute Gasteiger partial charge is 0.119 e. The summed E-state index contributed by atoms with van der Waals surface area (Å²) in [5, 5.41) is 9.73. The van der Waals surface area contributed by atoms with Gasteiger partial charge in [-0.1, -0.05) is 11.6 Å². The first-order valence-electron chi connectivity index (χ1n) is 6.99. The van der Waals surface area contributed by atoms with Gasteiger partial charge in [0.15, 0.2) is 0 Å². The fourth-order valence-corrected chi connectivity index (χ4v) is 2.72. The lowest BCUT2D eigenvalue weighted by Crippen LogP contribution is -2.38. The van der Waals surface area contributed by atoms with Crippen molar-refractivity contribution in [3.63, 3.8) is 0 Å².